The summed E-state index contributed by atoms with van der Waals surface area (Å²) in [4.78, 5) is 4.35. The lowest BCUT2D eigenvalue weighted by Crippen LogP contribution is -2.10. The molecule has 0 saturated carbocycles. The summed E-state index contributed by atoms with van der Waals surface area (Å²) in [6.07, 6.45) is -0.447. The van der Waals surface area contributed by atoms with Gasteiger partial charge in [-0.3, -0.25) is 0 Å². The van der Waals surface area contributed by atoms with E-state index in [1.807, 2.05) is 5.38 Å². The van der Waals surface area contributed by atoms with Crippen LogP contribution in [0.5, 0.6) is 0 Å². The Bertz CT molecular complexity index is 260. The van der Waals surface area contributed by atoms with Gasteiger partial charge in [-0.15, -0.1) is 11.3 Å². The molecule has 1 unspecified atom stereocenters. The van der Waals surface area contributed by atoms with Crippen LogP contribution in [0.2, 0.25) is 0 Å². The lowest BCUT2D eigenvalue weighted by atomic mass is 9.98. The van der Waals surface area contributed by atoms with Crippen LogP contribution < -0.4 is 0 Å². The van der Waals surface area contributed by atoms with Crippen LogP contribution in [0.4, 0.5) is 0 Å². The highest BCUT2D eigenvalue weighted by Gasteiger charge is 2.18. The van der Waals surface area contributed by atoms with Crippen LogP contribution in [0, 0.1) is 0 Å². The Kier molecular flexibility index (Phi) is 2.54. The Morgan fingerprint density at radius 2 is 2.08 bits per heavy atom. The Labute approximate surface area is 77.3 Å². The van der Waals surface area contributed by atoms with Crippen LogP contribution in [0.3, 0.4) is 0 Å². The molecule has 0 fully saturated rings. The lowest BCUT2D eigenvalue weighted by molar-refractivity contribution is 0.194. The van der Waals surface area contributed by atoms with Crippen molar-refractivity contribution >= 4 is 11.3 Å². The van der Waals surface area contributed by atoms with Gasteiger partial charge in [-0.2, -0.15) is 0 Å². The topological polar surface area (TPSA) is 33.1 Å². The van der Waals surface area contributed by atoms with E-state index in [9.17, 15) is 5.11 Å². The molecule has 2 nitrogen and oxygen atoms in total. The zero-order chi connectivity index (χ0) is 9.35. The molecule has 0 aromatic carbocycles. The van der Waals surface area contributed by atoms with Gasteiger partial charge in [-0.1, -0.05) is 20.8 Å². The summed E-state index contributed by atoms with van der Waals surface area (Å²) in [6, 6.07) is 0. The Balaban J connectivity index is 2.92. The van der Waals surface area contributed by atoms with E-state index < -0.39 is 6.10 Å². The maximum Gasteiger partial charge on any atom is 0.0983 e. The second-order valence-corrected chi connectivity index (χ2v) is 4.86. The predicted octanol–water partition coefficient (Wildman–Crippen LogP) is 2.49. The summed E-state index contributed by atoms with van der Waals surface area (Å²) < 4.78 is 0. The van der Waals surface area contributed by atoms with Gasteiger partial charge in [0.1, 0.15) is 0 Å². The van der Waals surface area contributed by atoms with Crippen LogP contribution in [0.1, 0.15) is 44.5 Å². The molecule has 0 saturated heterocycles. The van der Waals surface area contributed by atoms with Gasteiger partial charge in [0.2, 0.25) is 0 Å². The molecule has 0 amide bonds. The van der Waals surface area contributed by atoms with E-state index in [0.717, 1.165) is 10.7 Å². The van der Waals surface area contributed by atoms with Gasteiger partial charge in [0.15, 0.2) is 0 Å². The molecule has 1 N–H and O–H groups in total. The molecule has 0 aliphatic rings. The number of aliphatic hydroxyl groups excluding tert-OH is 1. The summed E-state index contributed by atoms with van der Waals surface area (Å²) in [5.41, 5.74) is 0.877. The first-order chi connectivity index (χ1) is 5.41. The number of rotatable bonds is 1. The molecule has 0 aliphatic carbocycles. The average molecular weight is 185 g/mol. The molecule has 68 valence electrons. The van der Waals surface area contributed by atoms with Crippen molar-refractivity contribution in [1.29, 1.82) is 0 Å². The fourth-order valence-electron chi connectivity index (χ4n) is 0.823. The number of nitrogens with zero attached hydrogens (tertiary/aromatic N) is 1. The Morgan fingerprint density at radius 3 is 2.33 bits per heavy atom. The van der Waals surface area contributed by atoms with Gasteiger partial charge in [0.05, 0.1) is 16.8 Å². The summed E-state index contributed by atoms with van der Waals surface area (Å²) in [5.74, 6) is 0. The van der Waals surface area contributed by atoms with Crippen LogP contribution in [0.25, 0.3) is 0 Å². The molecule has 1 aromatic heterocycles. The van der Waals surface area contributed by atoms with Crippen molar-refractivity contribution in [2.45, 2.75) is 39.2 Å². The van der Waals surface area contributed by atoms with Crippen molar-refractivity contribution in [1.82, 2.24) is 4.98 Å². The quantitative estimate of drug-likeness (QED) is 0.729. The van der Waals surface area contributed by atoms with Crippen molar-refractivity contribution in [3.8, 4) is 0 Å². The highest BCUT2D eigenvalue weighted by atomic mass is 32.1. The third-order valence-corrected chi connectivity index (χ3v) is 2.88. The first-order valence-corrected chi connectivity index (χ1v) is 4.93. The molecular weight excluding hydrogens is 170 g/mol. The van der Waals surface area contributed by atoms with Gasteiger partial charge < -0.3 is 5.11 Å². The molecule has 1 atom stereocenters. The maximum absolute atomic E-state index is 9.25. The molecule has 1 rings (SSSR count). The number of aromatic nitrogens is 1. The van der Waals surface area contributed by atoms with Gasteiger partial charge in [0.25, 0.3) is 0 Å². The normalized spacial score (nSPS) is 14.8. The van der Waals surface area contributed by atoms with Crippen molar-refractivity contribution in [2.24, 2.45) is 0 Å². The summed E-state index contributed by atoms with van der Waals surface area (Å²) in [5, 5.41) is 12.3. The third-order valence-electron chi connectivity index (χ3n) is 1.59. The first-order valence-electron chi connectivity index (χ1n) is 4.05. The van der Waals surface area contributed by atoms with Crippen LogP contribution in [-0.4, -0.2) is 10.1 Å². The van der Waals surface area contributed by atoms with Crippen molar-refractivity contribution in [2.75, 3.05) is 0 Å². The number of hydrogen-bond acceptors (Lipinski definition) is 3. The van der Waals surface area contributed by atoms with E-state index >= 15 is 0 Å². The minimum atomic E-state index is -0.447. The molecule has 12 heavy (non-hydrogen) atoms. The second kappa shape index (κ2) is 3.15. The van der Waals surface area contributed by atoms with Crippen LogP contribution >= 0.6 is 11.3 Å². The number of hydrogen-bond donors (Lipinski definition) is 1. The largest absolute Gasteiger partial charge is 0.387 e. The van der Waals surface area contributed by atoms with Crippen molar-refractivity contribution in [3.63, 3.8) is 0 Å². The minimum absolute atomic E-state index is 0.0950. The molecule has 0 bridgehead atoms. The molecule has 1 heterocycles. The van der Waals surface area contributed by atoms with Gasteiger partial charge in [0, 0.05) is 10.8 Å². The Hall–Kier alpha value is -0.410. The Morgan fingerprint density at radius 1 is 1.50 bits per heavy atom. The van der Waals surface area contributed by atoms with Crippen LogP contribution in [-0.2, 0) is 5.41 Å². The molecule has 0 radical (unpaired) electrons. The first kappa shape index (κ1) is 9.68. The summed E-state index contributed by atoms with van der Waals surface area (Å²) >= 11 is 1.61. The van der Waals surface area contributed by atoms with E-state index in [1.54, 1.807) is 18.3 Å². The molecule has 1 aromatic rings. The third kappa shape index (κ3) is 2.05. The predicted molar refractivity (Wildman–Crippen MR) is 51.4 cm³/mol. The van der Waals surface area contributed by atoms with Gasteiger partial charge in [-0.25, -0.2) is 4.98 Å². The van der Waals surface area contributed by atoms with E-state index in [2.05, 4.69) is 25.8 Å². The molecular formula is C9H15NOS. The molecule has 0 spiro atoms. The molecule has 3 heteroatoms. The van der Waals surface area contributed by atoms with Crippen LogP contribution in [0.15, 0.2) is 5.38 Å². The van der Waals surface area contributed by atoms with Crippen molar-refractivity contribution < 1.29 is 5.11 Å². The lowest BCUT2D eigenvalue weighted by Gasteiger charge is -2.13. The maximum atomic E-state index is 9.25. The zero-order valence-corrected chi connectivity index (χ0v) is 8.77. The van der Waals surface area contributed by atoms with E-state index in [-0.39, 0.29) is 5.41 Å². The van der Waals surface area contributed by atoms with Crippen molar-refractivity contribution in [3.05, 3.63) is 16.1 Å². The van der Waals surface area contributed by atoms with Gasteiger partial charge >= 0.3 is 0 Å². The van der Waals surface area contributed by atoms with Gasteiger partial charge in [-0.05, 0) is 6.92 Å². The smallest absolute Gasteiger partial charge is 0.0983 e. The van der Waals surface area contributed by atoms with E-state index in [1.165, 1.54) is 0 Å². The number of aliphatic hydroxyl groups is 1. The van der Waals surface area contributed by atoms with E-state index in [4.69, 9.17) is 0 Å². The SMILES string of the molecule is CC(O)c1csc(C(C)(C)C)n1. The molecule has 0 aliphatic heterocycles. The highest BCUT2D eigenvalue weighted by Crippen LogP contribution is 2.27. The average Bonchev–Trinajstić information content (AvgIpc) is 2.30. The minimum Gasteiger partial charge on any atom is -0.387 e. The summed E-state index contributed by atoms with van der Waals surface area (Å²) in [6.45, 7) is 8.11. The fraction of sp³-hybridized carbons (Fsp3) is 0.667. The summed E-state index contributed by atoms with van der Waals surface area (Å²) in [7, 11) is 0. The second-order valence-electron chi connectivity index (χ2n) is 4.00. The highest BCUT2D eigenvalue weighted by molar-refractivity contribution is 7.09. The standard InChI is InChI=1S/C9H15NOS/c1-6(11)7-5-12-8(10-7)9(2,3)4/h5-6,11H,1-4H3. The number of thiazole rings is 1. The monoisotopic (exact) mass is 185 g/mol. The zero-order valence-electron chi connectivity index (χ0n) is 7.96. The fourth-order valence-corrected chi connectivity index (χ4v) is 1.82. The van der Waals surface area contributed by atoms with E-state index in [0.29, 0.717) is 0 Å².